The van der Waals surface area contributed by atoms with Crippen LogP contribution in [-0.2, 0) is 5.41 Å². The van der Waals surface area contributed by atoms with E-state index in [0.29, 0.717) is 12.2 Å². The molecule has 0 saturated heterocycles. The fourth-order valence-corrected chi connectivity index (χ4v) is 2.55. The number of anilines is 1. The van der Waals surface area contributed by atoms with Crippen molar-refractivity contribution in [2.75, 3.05) is 11.9 Å². The standard InChI is InChI=1S/C21H26N2O2S/c1-5-13-25-18-8-6-7-17(14-18)22-20(26)23-19(24)15-9-11-16(12-10-15)21(2,3)4/h6-12,14H,5,13H2,1-4H3,(H2,22,23,24,26). The summed E-state index contributed by atoms with van der Waals surface area (Å²) in [5.41, 5.74) is 2.57. The number of rotatable bonds is 5. The molecule has 138 valence electrons. The third kappa shape index (κ3) is 5.85. The Morgan fingerprint density at radius 1 is 1.12 bits per heavy atom. The topological polar surface area (TPSA) is 50.4 Å². The molecule has 0 aliphatic rings. The van der Waals surface area contributed by atoms with Gasteiger partial charge in [0.25, 0.3) is 5.91 Å². The van der Waals surface area contributed by atoms with E-state index < -0.39 is 0 Å². The second-order valence-electron chi connectivity index (χ2n) is 7.11. The van der Waals surface area contributed by atoms with Crippen molar-refractivity contribution in [1.29, 1.82) is 0 Å². The number of hydrogen-bond acceptors (Lipinski definition) is 3. The van der Waals surface area contributed by atoms with Gasteiger partial charge in [-0.3, -0.25) is 10.1 Å². The summed E-state index contributed by atoms with van der Waals surface area (Å²) in [4.78, 5) is 12.4. The second-order valence-corrected chi connectivity index (χ2v) is 7.52. The molecule has 0 aliphatic carbocycles. The lowest BCUT2D eigenvalue weighted by molar-refractivity contribution is 0.0977. The quantitative estimate of drug-likeness (QED) is 0.735. The largest absolute Gasteiger partial charge is 0.494 e. The molecule has 0 heterocycles. The summed E-state index contributed by atoms with van der Waals surface area (Å²) in [7, 11) is 0. The first-order chi connectivity index (χ1) is 12.3. The van der Waals surface area contributed by atoms with Crippen molar-refractivity contribution in [3.8, 4) is 5.75 Å². The first kappa shape index (κ1) is 19.9. The summed E-state index contributed by atoms with van der Waals surface area (Å²) < 4.78 is 5.60. The average molecular weight is 371 g/mol. The van der Waals surface area contributed by atoms with Crippen LogP contribution >= 0.6 is 12.2 Å². The van der Waals surface area contributed by atoms with E-state index in [1.54, 1.807) is 0 Å². The fourth-order valence-electron chi connectivity index (χ4n) is 2.34. The molecular formula is C21H26N2O2S. The Hall–Kier alpha value is -2.40. The number of hydrogen-bond donors (Lipinski definition) is 2. The fraction of sp³-hybridized carbons (Fsp3) is 0.333. The minimum absolute atomic E-state index is 0.0523. The zero-order chi connectivity index (χ0) is 19.2. The van der Waals surface area contributed by atoms with Gasteiger partial charge >= 0.3 is 0 Å². The van der Waals surface area contributed by atoms with Crippen LogP contribution in [0.15, 0.2) is 48.5 Å². The van der Waals surface area contributed by atoms with Crippen LogP contribution in [0.5, 0.6) is 5.75 Å². The maximum Gasteiger partial charge on any atom is 0.257 e. The first-order valence-electron chi connectivity index (χ1n) is 8.75. The zero-order valence-corrected chi connectivity index (χ0v) is 16.6. The number of benzene rings is 2. The number of carbonyl (C=O) groups excluding carboxylic acids is 1. The molecule has 0 aromatic heterocycles. The number of carbonyl (C=O) groups is 1. The summed E-state index contributed by atoms with van der Waals surface area (Å²) in [6.07, 6.45) is 0.945. The van der Waals surface area contributed by atoms with Crippen molar-refractivity contribution in [3.63, 3.8) is 0 Å². The molecule has 1 amide bonds. The Morgan fingerprint density at radius 3 is 2.42 bits per heavy atom. The zero-order valence-electron chi connectivity index (χ0n) is 15.8. The van der Waals surface area contributed by atoms with Gasteiger partial charge in [0.15, 0.2) is 5.11 Å². The molecule has 0 bridgehead atoms. The lowest BCUT2D eigenvalue weighted by atomic mass is 9.87. The van der Waals surface area contributed by atoms with Gasteiger partial charge in [-0.2, -0.15) is 0 Å². The van der Waals surface area contributed by atoms with Gasteiger partial charge in [0.05, 0.1) is 6.61 Å². The normalized spacial score (nSPS) is 10.9. The summed E-state index contributed by atoms with van der Waals surface area (Å²) in [5.74, 6) is 0.532. The van der Waals surface area contributed by atoms with E-state index in [1.807, 2.05) is 48.5 Å². The summed E-state index contributed by atoms with van der Waals surface area (Å²) in [6.45, 7) is 9.13. The Balaban J connectivity index is 1.96. The van der Waals surface area contributed by atoms with E-state index in [-0.39, 0.29) is 16.4 Å². The lowest BCUT2D eigenvalue weighted by Gasteiger charge is -2.19. The van der Waals surface area contributed by atoms with E-state index in [2.05, 4.69) is 38.3 Å². The minimum Gasteiger partial charge on any atom is -0.494 e. The van der Waals surface area contributed by atoms with E-state index in [9.17, 15) is 4.79 Å². The van der Waals surface area contributed by atoms with Gasteiger partial charge in [0.1, 0.15) is 5.75 Å². The van der Waals surface area contributed by atoms with Crippen molar-refractivity contribution in [1.82, 2.24) is 5.32 Å². The number of ether oxygens (including phenoxy) is 1. The van der Waals surface area contributed by atoms with Gasteiger partial charge in [0.2, 0.25) is 0 Å². The number of thiocarbonyl (C=S) groups is 1. The maximum atomic E-state index is 12.4. The Bertz CT molecular complexity index is 764. The van der Waals surface area contributed by atoms with Gasteiger partial charge in [0, 0.05) is 17.3 Å². The van der Waals surface area contributed by atoms with Gasteiger partial charge in [-0.1, -0.05) is 45.9 Å². The highest BCUT2D eigenvalue weighted by molar-refractivity contribution is 7.80. The Labute approximate surface area is 161 Å². The highest BCUT2D eigenvalue weighted by Gasteiger charge is 2.14. The highest BCUT2D eigenvalue weighted by Crippen LogP contribution is 2.22. The van der Waals surface area contributed by atoms with Gasteiger partial charge < -0.3 is 10.1 Å². The van der Waals surface area contributed by atoms with E-state index in [0.717, 1.165) is 17.9 Å². The van der Waals surface area contributed by atoms with Crippen LogP contribution < -0.4 is 15.4 Å². The molecule has 0 saturated carbocycles. The monoisotopic (exact) mass is 370 g/mol. The summed E-state index contributed by atoms with van der Waals surface area (Å²) >= 11 is 5.24. The van der Waals surface area contributed by atoms with Crippen LogP contribution in [-0.4, -0.2) is 17.6 Å². The van der Waals surface area contributed by atoms with Crippen molar-refractivity contribution < 1.29 is 9.53 Å². The molecule has 0 unspecified atom stereocenters. The van der Waals surface area contributed by atoms with Crippen LogP contribution in [0.25, 0.3) is 0 Å². The predicted molar refractivity (Wildman–Crippen MR) is 111 cm³/mol. The Morgan fingerprint density at radius 2 is 1.81 bits per heavy atom. The van der Waals surface area contributed by atoms with Crippen molar-refractivity contribution >= 4 is 28.9 Å². The maximum absolute atomic E-state index is 12.4. The summed E-state index contributed by atoms with van der Waals surface area (Å²) in [6, 6.07) is 15.1. The molecule has 0 spiro atoms. The SMILES string of the molecule is CCCOc1cccc(NC(=S)NC(=O)c2ccc(C(C)(C)C)cc2)c1. The van der Waals surface area contributed by atoms with Crippen molar-refractivity contribution in [2.45, 2.75) is 39.5 Å². The molecule has 4 nitrogen and oxygen atoms in total. The summed E-state index contributed by atoms with van der Waals surface area (Å²) in [5, 5.41) is 5.97. The highest BCUT2D eigenvalue weighted by atomic mass is 32.1. The second kappa shape index (κ2) is 8.81. The minimum atomic E-state index is -0.235. The molecule has 0 aliphatic heterocycles. The van der Waals surface area contributed by atoms with Crippen LogP contribution in [0.1, 0.15) is 50.0 Å². The van der Waals surface area contributed by atoms with Gasteiger partial charge in [-0.15, -0.1) is 0 Å². The third-order valence-corrected chi connectivity index (χ3v) is 4.01. The van der Waals surface area contributed by atoms with Crippen LogP contribution in [0, 0.1) is 0 Å². The molecule has 26 heavy (non-hydrogen) atoms. The van der Waals surface area contributed by atoms with Crippen LogP contribution in [0.2, 0.25) is 0 Å². The molecule has 2 aromatic carbocycles. The average Bonchev–Trinajstić information content (AvgIpc) is 2.59. The van der Waals surface area contributed by atoms with Crippen molar-refractivity contribution in [2.24, 2.45) is 0 Å². The molecule has 2 aromatic rings. The molecule has 0 atom stereocenters. The first-order valence-corrected chi connectivity index (χ1v) is 9.16. The van der Waals surface area contributed by atoms with Crippen LogP contribution in [0.4, 0.5) is 5.69 Å². The molecule has 2 rings (SSSR count). The Kier molecular flexibility index (Phi) is 6.75. The van der Waals surface area contributed by atoms with E-state index in [4.69, 9.17) is 17.0 Å². The number of amides is 1. The van der Waals surface area contributed by atoms with Crippen LogP contribution in [0.3, 0.4) is 0 Å². The smallest absolute Gasteiger partial charge is 0.257 e. The molecule has 5 heteroatoms. The molecular weight excluding hydrogens is 344 g/mol. The van der Waals surface area contributed by atoms with E-state index >= 15 is 0 Å². The van der Waals surface area contributed by atoms with Gasteiger partial charge in [-0.05, 0) is 53.9 Å². The third-order valence-electron chi connectivity index (χ3n) is 3.80. The molecule has 2 N–H and O–H groups in total. The molecule has 0 fully saturated rings. The lowest BCUT2D eigenvalue weighted by Crippen LogP contribution is -2.34. The van der Waals surface area contributed by atoms with Gasteiger partial charge in [-0.25, -0.2) is 0 Å². The molecule has 0 radical (unpaired) electrons. The number of nitrogens with one attached hydrogen (secondary N) is 2. The van der Waals surface area contributed by atoms with Crippen molar-refractivity contribution in [3.05, 3.63) is 59.7 Å². The van der Waals surface area contributed by atoms with E-state index in [1.165, 1.54) is 5.56 Å². The predicted octanol–water partition coefficient (Wildman–Crippen LogP) is 4.90.